The fourth-order valence-corrected chi connectivity index (χ4v) is 1.46. The summed E-state index contributed by atoms with van der Waals surface area (Å²) in [6, 6.07) is 6.13. The Balaban J connectivity index is 2.49. The first-order valence-corrected chi connectivity index (χ1v) is 4.96. The van der Waals surface area contributed by atoms with Gasteiger partial charge in [0.05, 0.1) is 23.6 Å². The van der Waals surface area contributed by atoms with E-state index in [2.05, 4.69) is 9.97 Å². The van der Waals surface area contributed by atoms with Crippen LogP contribution in [0.5, 0.6) is 0 Å². The molecule has 0 saturated heterocycles. The molecule has 0 atom stereocenters. The second kappa shape index (κ2) is 4.55. The molecule has 1 N–H and O–H groups in total. The second-order valence-corrected chi connectivity index (χ2v) is 3.55. The monoisotopic (exact) mass is 238 g/mol. The summed E-state index contributed by atoms with van der Waals surface area (Å²) in [7, 11) is 0. The molecule has 0 aromatic carbocycles. The molecule has 2 aromatic heterocycles. The SMILES string of the molecule is OCc1cccc(-c2cnc(Cl)cc2F)n1. The van der Waals surface area contributed by atoms with E-state index in [-0.39, 0.29) is 17.3 Å². The lowest BCUT2D eigenvalue weighted by atomic mass is 10.1. The zero-order chi connectivity index (χ0) is 11.5. The Morgan fingerprint density at radius 2 is 2.19 bits per heavy atom. The molecule has 0 aliphatic carbocycles. The van der Waals surface area contributed by atoms with Crippen molar-refractivity contribution in [2.45, 2.75) is 6.61 Å². The van der Waals surface area contributed by atoms with Crippen molar-refractivity contribution < 1.29 is 9.50 Å². The summed E-state index contributed by atoms with van der Waals surface area (Å²) in [5.74, 6) is -0.484. The summed E-state index contributed by atoms with van der Waals surface area (Å²) in [6.07, 6.45) is 1.32. The van der Waals surface area contributed by atoms with Crippen molar-refractivity contribution in [3.8, 4) is 11.3 Å². The van der Waals surface area contributed by atoms with Gasteiger partial charge in [-0.1, -0.05) is 17.7 Å². The third-order valence-corrected chi connectivity index (χ3v) is 2.27. The quantitative estimate of drug-likeness (QED) is 0.818. The lowest BCUT2D eigenvalue weighted by molar-refractivity contribution is 0.277. The van der Waals surface area contributed by atoms with E-state index in [0.29, 0.717) is 11.4 Å². The van der Waals surface area contributed by atoms with E-state index in [0.717, 1.165) is 6.07 Å². The number of aromatic nitrogens is 2. The molecule has 0 fully saturated rings. The first-order chi connectivity index (χ1) is 7.70. The van der Waals surface area contributed by atoms with Gasteiger partial charge < -0.3 is 5.11 Å². The predicted octanol–water partition coefficient (Wildman–Crippen LogP) is 2.43. The minimum absolute atomic E-state index is 0.0968. The van der Waals surface area contributed by atoms with Crippen LogP contribution >= 0.6 is 11.6 Å². The highest BCUT2D eigenvalue weighted by molar-refractivity contribution is 6.29. The van der Waals surface area contributed by atoms with E-state index in [9.17, 15) is 4.39 Å². The molecule has 0 radical (unpaired) electrons. The molecular formula is C11H8ClFN2O. The first kappa shape index (κ1) is 11.0. The lowest BCUT2D eigenvalue weighted by Crippen LogP contribution is -1.94. The van der Waals surface area contributed by atoms with Gasteiger partial charge in [0.25, 0.3) is 0 Å². The number of rotatable bonds is 2. The van der Waals surface area contributed by atoms with Crippen molar-refractivity contribution >= 4 is 11.6 Å². The van der Waals surface area contributed by atoms with E-state index in [1.54, 1.807) is 18.2 Å². The number of aliphatic hydroxyl groups is 1. The minimum atomic E-state index is -0.484. The van der Waals surface area contributed by atoms with Gasteiger partial charge in [0, 0.05) is 12.3 Å². The fourth-order valence-electron chi connectivity index (χ4n) is 1.31. The van der Waals surface area contributed by atoms with Crippen LogP contribution in [0.1, 0.15) is 5.69 Å². The standard InChI is InChI=1S/C11H8ClFN2O/c12-11-4-9(13)8(5-14-11)10-3-1-2-7(6-16)15-10/h1-5,16H,6H2. The van der Waals surface area contributed by atoms with Gasteiger partial charge in [0.2, 0.25) is 0 Å². The zero-order valence-electron chi connectivity index (χ0n) is 8.19. The van der Waals surface area contributed by atoms with Crippen LogP contribution in [-0.4, -0.2) is 15.1 Å². The van der Waals surface area contributed by atoms with Gasteiger partial charge >= 0.3 is 0 Å². The smallest absolute Gasteiger partial charge is 0.137 e. The third-order valence-electron chi connectivity index (χ3n) is 2.06. The Morgan fingerprint density at radius 3 is 2.88 bits per heavy atom. The Labute approximate surface area is 96.6 Å². The zero-order valence-corrected chi connectivity index (χ0v) is 8.95. The van der Waals surface area contributed by atoms with Crippen LogP contribution in [0.4, 0.5) is 4.39 Å². The van der Waals surface area contributed by atoms with E-state index in [1.807, 2.05) is 0 Å². The summed E-state index contributed by atoms with van der Waals surface area (Å²) < 4.78 is 13.5. The topological polar surface area (TPSA) is 46.0 Å². The summed E-state index contributed by atoms with van der Waals surface area (Å²) >= 11 is 5.55. The van der Waals surface area contributed by atoms with Crippen LogP contribution in [0.2, 0.25) is 5.15 Å². The van der Waals surface area contributed by atoms with Crippen molar-refractivity contribution in [1.82, 2.24) is 9.97 Å². The van der Waals surface area contributed by atoms with Crippen molar-refractivity contribution in [3.63, 3.8) is 0 Å². The van der Waals surface area contributed by atoms with Gasteiger partial charge in [-0.3, -0.25) is 4.98 Å². The molecule has 0 bridgehead atoms. The van der Waals surface area contributed by atoms with Crippen LogP contribution in [0.3, 0.4) is 0 Å². The maximum Gasteiger partial charge on any atom is 0.137 e. The van der Waals surface area contributed by atoms with Gasteiger partial charge in [0.15, 0.2) is 0 Å². The van der Waals surface area contributed by atoms with Crippen molar-refractivity contribution in [1.29, 1.82) is 0 Å². The molecule has 16 heavy (non-hydrogen) atoms. The predicted molar refractivity (Wildman–Crippen MR) is 58.4 cm³/mol. The average molecular weight is 239 g/mol. The van der Waals surface area contributed by atoms with Crippen LogP contribution in [0.15, 0.2) is 30.5 Å². The molecular weight excluding hydrogens is 231 g/mol. The first-order valence-electron chi connectivity index (χ1n) is 4.59. The molecule has 2 heterocycles. The molecule has 2 rings (SSSR count). The van der Waals surface area contributed by atoms with Crippen LogP contribution < -0.4 is 0 Å². The number of hydrogen-bond donors (Lipinski definition) is 1. The molecule has 0 amide bonds. The van der Waals surface area contributed by atoms with Gasteiger partial charge in [-0.05, 0) is 12.1 Å². The average Bonchev–Trinajstić information content (AvgIpc) is 2.29. The maximum absolute atomic E-state index is 13.5. The Kier molecular flexibility index (Phi) is 3.12. The largest absolute Gasteiger partial charge is 0.390 e. The molecule has 0 aliphatic rings. The molecule has 0 spiro atoms. The Hall–Kier alpha value is -1.52. The molecule has 82 valence electrons. The van der Waals surface area contributed by atoms with Crippen molar-refractivity contribution in [2.75, 3.05) is 0 Å². The molecule has 5 heteroatoms. The lowest BCUT2D eigenvalue weighted by Gasteiger charge is -2.03. The normalized spacial score (nSPS) is 10.4. The van der Waals surface area contributed by atoms with Crippen molar-refractivity contribution in [2.24, 2.45) is 0 Å². The highest BCUT2D eigenvalue weighted by Gasteiger charge is 2.08. The van der Waals surface area contributed by atoms with Gasteiger partial charge in [-0.15, -0.1) is 0 Å². The molecule has 0 aliphatic heterocycles. The number of nitrogens with zero attached hydrogens (tertiary/aromatic N) is 2. The Morgan fingerprint density at radius 1 is 1.38 bits per heavy atom. The highest BCUT2D eigenvalue weighted by Crippen LogP contribution is 2.21. The van der Waals surface area contributed by atoms with Crippen molar-refractivity contribution in [3.05, 3.63) is 47.1 Å². The number of pyridine rings is 2. The highest BCUT2D eigenvalue weighted by atomic mass is 35.5. The number of hydrogen-bond acceptors (Lipinski definition) is 3. The Bertz CT molecular complexity index is 519. The summed E-state index contributed by atoms with van der Waals surface area (Å²) in [5, 5.41) is 9.03. The third kappa shape index (κ3) is 2.18. The van der Waals surface area contributed by atoms with E-state index >= 15 is 0 Å². The molecule has 2 aromatic rings. The summed E-state index contributed by atoms with van der Waals surface area (Å²) in [6.45, 7) is -0.184. The summed E-state index contributed by atoms with van der Waals surface area (Å²) in [5.41, 5.74) is 1.17. The minimum Gasteiger partial charge on any atom is -0.390 e. The number of aliphatic hydroxyl groups excluding tert-OH is 1. The van der Waals surface area contributed by atoms with E-state index < -0.39 is 5.82 Å². The van der Waals surface area contributed by atoms with Crippen LogP contribution in [0, 0.1) is 5.82 Å². The number of halogens is 2. The van der Waals surface area contributed by atoms with E-state index in [4.69, 9.17) is 16.7 Å². The summed E-state index contributed by atoms with van der Waals surface area (Å²) in [4.78, 5) is 7.87. The van der Waals surface area contributed by atoms with Crippen LogP contribution in [-0.2, 0) is 6.61 Å². The van der Waals surface area contributed by atoms with Gasteiger partial charge in [-0.2, -0.15) is 0 Å². The maximum atomic E-state index is 13.5. The van der Waals surface area contributed by atoms with E-state index in [1.165, 1.54) is 6.20 Å². The molecule has 0 unspecified atom stereocenters. The van der Waals surface area contributed by atoms with Gasteiger partial charge in [-0.25, -0.2) is 9.37 Å². The van der Waals surface area contributed by atoms with Crippen LogP contribution in [0.25, 0.3) is 11.3 Å². The molecule has 0 saturated carbocycles. The van der Waals surface area contributed by atoms with Gasteiger partial charge in [0.1, 0.15) is 11.0 Å². The second-order valence-electron chi connectivity index (χ2n) is 3.16. The molecule has 3 nitrogen and oxygen atoms in total. The fraction of sp³-hybridized carbons (Fsp3) is 0.0909.